The molecule has 0 aliphatic heterocycles. The normalized spacial score (nSPS) is 13.7. The fourth-order valence-corrected chi connectivity index (χ4v) is 4.90. The Morgan fingerprint density at radius 3 is 2.29 bits per heavy atom. The van der Waals surface area contributed by atoms with Crippen molar-refractivity contribution >= 4 is 15.7 Å². The van der Waals surface area contributed by atoms with Crippen LogP contribution < -0.4 is 0 Å². The number of rotatable bonds is 13. The van der Waals surface area contributed by atoms with E-state index < -0.39 is 10.1 Å². The predicted octanol–water partition coefficient (Wildman–Crippen LogP) is 6.26. The van der Waals surface area contributed by atoms with Crippen LogP contribution in [0.15, 0.2) is 60.0 Å². The molecule has 0 bridgehead atoms. The Kier molecular flexibility index (Phi) is 9.48. The molecule has 1 unspecified atom stereocenters. The average Bonchev–Trinajstić information content (AvgIpc) is 2.70. The van der Waals surface area contributed by atoms with Crippen molar-refractivity contribution in [3.05, 3.63) is 71.8 Å². The Hall–Kier alpha value is -1.95. The van der Waals surface area contributed by atoms with Crippen molar-refractivity contribution in [2.24, 2.45) is 0 Å². The van der Waals surface area contributed by atoms with Gasteiger partial charge in [0.25, 0.3) is 10.1 Å². The van der Waals surface area contributed by atoms with Gasteiger partial charge in [-0.15, -0.1) is 0 Å². The van der Waals surface area contributed by atoms with Crippen LogP contribution in [0.5, 0.6) is 0 Å². The van der Waals surface area contributed by atoms with Gasteiger partial charge in [0, 0.05) is 11.1 Å². The molecule has 31 heavy (non-hydrogen) atoms. The van der Waals surface area contributed by atoms with Gasteiger partial charge in [-0.3, -0.25) is 4.55 Å². The van der Waals surface area contributed by atoms with Crippen molar-refractivity contribution in [2.45, 2.75) is 63.8 Å². The van der Waals surface area contributed by atoms with E-state index >= 15 is 0 Å². The summed E-state index contributed by atoms with van der Waals surface area (Å²) in [6.45, 7) is 10.7. The second-order valence-corrected chi connectivity index (χ2v) is 10.4. The minimum atomic E-state index is -4.27. The standard InChI is InChI=1S/C26H37NO3S/c1-5-6-7-8-9-13-18-27(4,20-23(3)24-14-11-10-12-15-24)21-25-19-22(2)16-17-26(25)31(28,29)30/h10-12,14-17,19H,3,5-9,13,18,20-21H2,1-2,4H3/p+1. The predicted molar refractivity (Wildman–Crippen MR) is 129 cm³/mol. The number of quaternary nitrogens is 1. The van der Waals surface area contributed by atoms with Gasteiger partial charge in [0.2, 0.25) is 0 Å². The molecular weight excluding hydrogens is 406 g/mol. The summed E-state index contributed by atoms with van der Waals surface area (Å²) in [6.07, 6.45) is 7.25. The van der Waals surface area contributed by atoms with Crippen molar-refractivity contribution in [2.75, 3.05) is 20.1 Å². The van der Waals surface area contributed by atoms with Crippen molar-refractivity contribution in [1.82, 2.24) is 0 Å². The summed E-state index contributed by atoms with van der Waals surface area (Å²) in [6, 6.07) is 15.3. The number of likely N-dealkylation sites (N-methyl/N-ethyl adjacent to an activating group) is 1. The zero-order chi connectivity index (χ0) is 22.9. The van der Waals surface area contributed by atoms with E-state index in [9.17, 15) is 13.0 Å². The van der Waals surface area contributed by atoms with Crippen LogP contribution in [0.2, 0.25) is 0 Å². The van der Waals surface area contributed by atoms with Crippen LogP contribution in [0.3, 0.4) is 0 Å². The van der Waals surface area contributed by atoms with Crippen molar-refractivity contribution in [1.29, 1.82) is 0 Å². The first kappa shape index (κ1) is 25.3. The molecule has 170 valence electrons. The van der Waals surface area contributed by atoms with Gasteiger partial charge in [0.1, 0.15) is 18.0 Å². The molecule has 1 atom stereocenters. The van der Waals surface area contributed by atoms with Crippen molar-refractivity contribution in [3.8, 4) is 0 Å². The molecule has 0 aliphatic carbocycles. The monoisotopic (exact) mass is 444 g/mol. The van der Waals surface area contributed by atoms with Gasteiger partial charge in [0.05, 0.1) is 13.6 Å². The van der Waals surface area contributed by atoms with Crippen LogP contribution in [-0.2, 0) is 16.7 Å². The molecule has 0 aliphatic rings. The maximum absolute atomic E-state index is 12.0. The van der Waals surface area contributed by atoms with Gasteiger partial charge in [-0.2, -0.15) is 8.42 Å². The molecule has 0 fully saturated rings. The third kappa shape index (κ3) is 8.24. The number of unbranched alkanes of at least 4 members (excludes halogenated alkanes) is 5. The lowest BCUT2D eigenvalue weighted by Crippen LogP contribution is -2.45. The zero-order valence-electron chi connectivity index (χ0n) is 19.3. The first-order chi connectivity index (χ1) is 14.6. The number of nitrogens with zero attached hydrogens (tertiary/aromatic N) is 1. The number of aryl methyl sites for hydroxylation is 1. The molecule has 0 aromatic heterocycles. The highest BCUT2D eigenvalue weighted by atomic mass is 32.2. The molecule has 0 radical (unpaired) electrons. The topological polar surface area (TPSA) is 54.4 Å². The molecule has 2 rings (SSSR count). The molecule has 0 saturated heterocycles. The highest BCUT2D eigenvalue weighted by Gasteiger charge is 2.27. The molecule has 0 spiro atoms. The van der Waals surface area contributed by atoms with Gasteiger partial charge in [-0.05, 0) is 37.5 Å². The first-order valence-corrected chi connectivity index (χ1v) is 12.7. The highest BCUT2D eigenvalue weighted by molar-refractivity contribution is 7.85. The third-order valence-corrected chi connectivity index (χ3v) is 6.81. The van der Waals surface area contributed by atoms with Crippen LogP contribution in [0.1, 0.15) is 62.1 Å². The molecule has 0 amide bonds. The molecule has 2 aromatic carbocycles. The summed E-state index contributed by atoms with van der Waals surface area (Å²) >= 11 is 0. The summed E-state index contributed by atoms with van der Waals surface area (Å²) in [7, 11) is -2.11. The van der Waals surface area contributed by atoms with E-state index in [2.05, 4.69) is 32.7 Å². The molecule has 0 saturated carbocycles. The van der Waals surface area contributed by atoms with E-state index in [0.29, 0.717) is 16.6 Å². The van der Waals surface area contributed by atoms with Gasteiger partial charge in [-0.25, -0.2) is 0 Å². The van der Waals surface area contributed by atoms with E-state index in [-0.39, 0.29) is 4.90 Å². The van der Waals surface area contributed by atoms with Crippen LogP contribution >= 0.6 is 0 Å². The number of hydrogen-bond acceptors (Lipinski definition) is 2. The summed E-state index contributed by atoms with van der Waals surface area (Å²) in [4.78, 5) is 0.00993. The summed E-state index contributed by atoms with van der Waals surface area (Å²) < 4.78 is 34.4. The zero-order valence-corrected chi connectivity index (χ0v) is 20.1. The highest BCUT2D eigenvalue weighted by Crippen LogP contribution is 2.26. The maximum atomic E-state index is 12.0. The SMILES string of the molecule is C=C(C[N+](C)(CCCCCCCC)Cc1cc(C)ccc1S(=O)(=O)O)c1ccccc1. The minimum Gasteiger partial charge on any atom is -0.319 e. The molecule has 0 heterocycles. The van der Waals surface area contributed by atoms with E-state index in [1.807, 2.05) is 31.2 Å². The summed E-state index contributed by atoms with van der Waals surface area (Å²) in [5.74, 6) is 0. The van der Waals surface area contributed by atoms with Gasteiger partial charge < -0.3 is 4.48 Å². The molecular formula is C26H38NO3S+. The third-order valence-electron chi connectivity index (χ3n) is 5.85. The Morgan fingerprint density at radius 1 is 1.00 bits per heavy atom. The number of hydrogen-bond donors (Lipinski definition) is 1. The van der Waals surface area contributed by atoms with Crippen LogP contribution in [-0.4, -0.2) is 37.6 Å². The van der Waals surface area contributed by atoms with E-state index in [1.54, 1.807) is 6.07 Å². The van der Waals surface area contributed by atoms with Gasteiger partial charge >= 0.3 is 0 Å². The van der Waals surface area contributed by atoms with E-state index in [0.717, 1.165) is 36.2 Å². The van der Waals surface area contributed by atoms with E-state index in [4.69, 9.17) is 0 Å². The quantitative estimate of drug-likeness (QED) is 0.225. The Balaban J connectivity index is 2.25. The second kappa shape index (κ2) is 11.6. The average molecular weight is 445 g/mol. The van der Waals surface area contributed by atoms with Crippen LogP contribution in [0.4, 0.5) is 0 Å². The summed E-state index contributed by atoms with van der Waals surface area (Å²) in [5.41, 5.74) is 3.79. The fraction of sp³-hybridized carbons (Fsp3) is 0.462. The molecule has 4 nitrogen and oxygen atoms in total. The van der Waals surface area contributed by atoms with Crippen LogP contribution in [0, 0.1) is 6.92 Å². The van der Waals surface area contributed by atoms with Gasteiger partial charge in [-0.1, -0.05) is 81.1 Å². The second-order valence-electron chi connectivity index (χ2n) is 8.98. The Labute approximate surface area is 189 Å². The lowest BCUT2D eigenvalue weighted by molar-refractivity contribution is -0.915. The fourth-order valence-electron chi connectivity index (χ4n) is 4.21. The Bertz CT molecular complexity index is 954. The lowest BCUT2D eigenvalue weighted by Gasteiger charge is -2.36. The summed E-state index contributed by atoms with van der Waals surface area (Å²) in [5, 5.41) is 0. The lowest BCUT2D eigenvalue weighted by atomic mass is 10.0. The first-order valence-electron chi connectivity index (χ1n) is 11.3. The maximum Gasteiger partial charge on any atom is 0.295 e. The van der Waals surface area contributed by atoms with E-state index in [1.165, 1.54) is 38.2 Å². The van der Waals surface area contributed by atoms with Crippen molar-refractivity contribution < 1.29 is 17.5 Å². The molecule has 1 N–H and O–H groups in total. The van der Waals surface area contributed by atoms with Gasteiger partial charge in [0.15, 0.2) is 0 Å². The Morgan fingerprint density at radius 2 is 1.65 bits per heavy atom. The molecule has 2 aromatic rings. The molecule has 5 heteroatoms. The smallest absolute Gasteiger partial charge is 0.295 e. The largest absolute Gasteiger partial charge is 0.319 e. The van der Waals surface area contributed by atoms with Crippen LogP contribution in [0.25, 0.3) is 5.57 Å². The minimum absolute atomic E-state index is 0.00993. The van der Waals surface area contributed by atoms with Crippen molar-refractivity contribution in [3.63, 3.8) is 0 Å². The number of benzene rings is 2.